The lowest BCUT2D eigenvalue weighted by molar-refractivity contribution is -0.265. The molecule has 4 rings (SSSR count). The topological polar surface area (TPSA) is 139 Å². The van der Waals surface area contributed by atoms with Crippen LogP contribution in [0.2, 0.25) is 0 Å². The Kier molecular flexibility index (Phi) is 5.95. The highest BCUT2D eigenvalue weighted by Crippen LogP contribution is 2.58. The Hall–Kier alpha value is -2.93. The first-order valence-corrected chi connectivity index (χ1v) is 10.3. The molecule has 1 aromatic rings. The molecule has 2 fully saturated rings. The SMILES string of the molecule is COC(OC)c1cc(OC(C)=O)c2c(c1)N1CC3C(N3C)C(OC(C)=O)(O1)C2COC(N)=O. The second-order valence-electron chi connectivity index (χ2n) is 8.18. The molecule has 0 radical (unpaired) electrons. The Morgan fingerprint density at radius 3 is 2.48 bits per heavy atom. The van der Waals surface area contributed by atoms with E-state index in [9.17, 15) is 14.4 Å². The third-order valence-corrected chi connectivity index (χ3v) is 6.15. The van der Waals surface area contributed by atoms with Gasteiger partial charge in [-0.3, -0.25) is 14.5 Å². The highest BCUT2D eigenvalue weighted by molar-refractivity contribution is 5.74. The number of nitrogens with two attached hydrogens (primary N) is 1. The van der Waals surface area contributed by atoms with Crippen LogP contribution in [0, 0.1) is 0 Å². The fourth-order valence-electron chi connectivity index (χ4n) is 4.91. The van der Waals surface area contributed by atoms with Crippen LogP contribution in [0.25, 0.3) is 0 Å². The number of anilines is 1. The van der Waals surface area contributed by atoms with Crippen LogP contribution >= 0.6 is 0 Å². The summed E-state index contributed by atoms with van der Waals surface area (Å²) >= 11 is 0. The zero-order valence-corrected chi connectivity index (χ0v) is 19.0. The average Bonchev–Trinajstić information content (AvgIpc) is 3.38. The maximum atomic E-state index is 12.2. The monoisotopic (exact) mass is 465 g/mol. The van der Waals surface area contributed by atoms with Gasteiger partial charge in [-0.25, -0.2) is 14.7 Å². The highest BCUT2D eigenvalue weighted by Gasteiger charge is 2.71. The van der Waals surface area contributed by atoms with Crippen molar-refractivity contribution in [1.29, 1.82) is 0 Å². The molecule has 180 valence electrons. The van der Waals surface area contributed by atoms with Gasteiger partial charge in [-0.15, -0.1) is 0 Å². The number of amides is 1. The number of primary amides is 1. The summed E-state index contributed by atoms with van der Waals surface area (Å²) in [5.74, 6) is -3.33. The Morgan fingerprint density at radius 2 is 1.91 bits per heavy atom. The molecule has 3 aliphatic heterocycles. The number of esters is 2. The Bertz CT molecular complexity index is 982. The number of nitrogens with zero attached hydrogens (tertiary/aromatic N) is 2. The minimum atomic E-state index is -1.52. The van der Waals surface area contributed by atoms with Crippen molar-refractivity contribution in [1.82, 2.24) is 4.90 Å². The summed E-state index contributed by atoms with van der Waals surface area (Å²) in [6, 6.07) is 3.09. The van der Waals surface area contributed by atoms with Gasteiger partial charge in [-0.05, 0) is 19.2 Å². The van der Waals surface area contributed by atoms with E-state index in [-0.39, 0.29) is 24.4 Å². The van der Waals surface area contributed by atoms with Gasteiger partial charge in [0, 0.05) is 39.2 Å². The quantitative estimate of drug-likeness (QED) is 0.265. The average molecular weight is 465 g/mol. The number of hydrogen-bond acceptors (Lipinski definition) is 11. The zero-order valence-electron chi connectivity index (χ0n) is 19.0. The van der Waals surface area contributed by atoms with Gasteiger partial charge in [0.05, 0.1) is 30.2 Å². The molecule has 0 spiro atoms. The number of fused-ring (bicyclic) bond motifs is 6. The van der Waals surface area contributed by atoms with Gasteiger partial charge in [0.25, 0.3) is 5.79 Å². The van der Waals surface area contributed by atoms with Crippen LogP contribution in [0.3, 0.4) is 0 Å². The predicted octanol–water partition coefficient (Wildman–Crippen LogP) is 0.789. The van der Waals surface area contributed by atoms with Crippen molar-refractivity contribution in [3.63, 3.8) is 0 Å². The Labute approximate surface area is 190 Å². The van der Waals surface area contributed by atoms with Gasteiger partial charge in [0.1, 0.15) is 12.4 Å². The number of ether oxygens (including phenoxy) is 5. The zero-order chi connectivity index (χ0) is 24.1. The van der Waals surface area contributed by atoms with Crippen molar-refractivity contribution < 1.29 is 42.9 Å². The molecule has 0 saturated carbocycles. The number of carbonyl (C=O) groups excluding carboxylic acids is 3. The number of hydrogen-bond donors (Lipinski definition) is 1. The highest BCUT2D eigenvalue weighted by atomic mass is 16.8. The minimum Gasteiger partial charge on any atom is -0.449 e. The lowest BCUT2D eigenvalue weighted by atomic mass is 9.82. The summed E-state index contributed by atoms with van der Waals surface area (Å²) < 4.78 is 27.3. The molecule has 2 saturated heterocycles. The van der Waals surface area contributed by atoms with E-state index in [0.717, 1.165) is 0 Å². The summed E-state index contributed by atoms with van der Waals surface area (Å²) in [4.78, 5) is 43.9. The molecule has 3 heterocycles. The second kappa shape index (κ2) is 8.45. The number of benzene rings is 1. The molecule has 0 aromatic heterocycles. The maximum absolute atomic E-state index is 12.2. The minimum absolute atomic E-state index is 0.0174. The van der Waals surface area contributed by atoms with Crippen LogP contribution in [-0.2, 0) is 33.4 Å². The first-order chi connectivity index (χ1) is 15.6. The van der Waals surface area contributed by atoms with Crippen LogP contribution in [-0.4, -0.2) is 75.2 Å². The van der Waals surface area contributed by atoms with E-state index in [1.54, 1.807) is 17.2 Å². The Balaban J connectivity index is 1.94. The fourth-order valence-corrected chi connectivity index (χ4v) is 4.91. The molecular weight excluding hydrogens is 438 g/mol. The van der Waals surface area contributed by atoms with Crippen LogP contribution < -0.4 is 15.5 Å². The van der Waals surface area contributed by atoms with Crippen LogP contribution in [0.4, 0.5) is 10.5 Å². The van der Waals surface area contributed by atoms with Crippen molar-refractivity contribution in [2.75, 3.05) is 39.5 Å². The van der Waals surface area contributed by atoms with Crippen molar-refractivity contribution in [3.8, 4) is 5.75 Å². The molecule has 33 heavy (non-hydrogen) atoms. The fraction of sp³-hybridized carbons (Fsp3) is 0.571. The number of hydroxylamine groups is 1. The van der Waals surface area contributed by atoms with E-state index < -0.39 is 36.0 Å². The summed E-state index contributed by atoms with van der Waals surface area (Å²) in [7, 11) is 4.84. The molecule has 12 heteroatoms. The van der Waals surface area contributed by atoms with Crippen LogP contribution in [0.1, 0.15) is 37.2 Å². The van der Waals surface area contributed by atoms with E-state index in [2.05, 4.69) is 0 Å². The van der Waals surface area contributed by atoms with Crippen molar-refractivity contribution in [2.45, 2.75) is 43.9 Å². The summed E-state index contributed by atoms with van der Waals surface area (Å²) in [5.41, 5.74) is 6.84. The van der Waals surface area contributed by atoms with Gasteiger partial charge in [-0.1, -0.05) is 0 Å². The van der Waals surface area contributed by atoms with E-state index in [4.69, 9.17) is 34.3 Å². The number of likely N-dealkylation sites (N-methyl/N-ethyl adjacent to an activating group) is 1. The van der Waals surface area contributed by atoms with E-state index >= 15 is 0 Å². The van der Waals surface area contributed by atoms with Crippen molar-refractivity contribution >= 4 is 23.7 Å². The first-order valence-electron chi connectivity index (χ1n) is 10.3. The molecule has 1 amide bonds. The number of rotatable bonds is 7. The van der Waals surface area contributed by atoms with E-state index in [0.29, 0.717) is 23.4 Å². The summed E-state index contributed by atoms with van der Waals surface area (Å²) in [6.07, 6.45) is -1.75. The molecule has 12 nitrogen and oxygen atoms in total. The molecule has 0 aliphatic carbocycles. The van der Waals surface area contributed by atoms with Crippen molar-refractivity contribution in [3.05, 3.63) is 23.3 Å². The van der Waals surface area contributed by atoms with Gasteiger partial charge >= 0.3 is 18.0 Å². The molecule has 2 bridgehead atoms. The number of carbonyl (C=O) groups is 3. The Morgan fingerprint density at radius 1 is 1.21 bits per heavy atom. The lowest BCUT2D eigenvalue weighted by Gasteiger charge is -2.49. The normalized spacial score (nSPS) is 29.1. The third kappa shape index (κ3) is 3.88. The predicted molar refractivity (Wildman–Crippen MR) is 111 cm³/mol. The first kappa shape index (κ1) is 23.2. The number of methoxy groups -OCH3 is 2. The van der Waals surface area contributed by atoms with Crippen LogP contribution in [0.15, 0.2) is 12.1 Å². The smallest absolute Gasteiger partial charge is 0.404 e. The molecule has 2 N–H and O–H groups in total. The summed E-state index contributed by atoms with van der Waals surface area (Å²) in [6.45, 7) is 2.74. The molecule has 1 aromatic carbocycles. The van der Waals surface area contributed by atoms with Gasteiger partial charge in [0.2, 0.25) is 0 Å². The summed E-state index contributed by atoms with van der Waals surface area (Å²) in [5, 5.41) is 1.60. The van der Waals surface area contributed by atoms with Gasteiger partial charge < -0.3 is 29.4 Å². The standard InChI is InChI=1S/C21H27N3O9/c1-10(25)31-16-7-12(19(28-4)29-5)6-14-17(16)13(9-30-20(22)27)21(32-11(2)26)18-15(23(18)3)8-24(14)33-21/h6-7,13,15,18-19H,8-9H2,1-5H3,(H2,22,27). The molecular formula is C21H27N3O9. The maximum Gasteiger partial charge on any atom is 0.404 e. The molecule has 3 aliphatic rings. The van der Waals surface area contributed by atoms with Crippen molar-refractivity contribution in [2.24, 2.45) is 5.73 Å². The van der Waals surface area contributed by atoms with Gasteiger partial charge in [0.15, 0.2) is 6.29 Å². The lowest BCUT2D eigenvalue weighted by Crippen LogP contribution is -2.61. The van der Waals surface area contributed by atoms with E-state index in [1.807, 2.05) is 11.9 Å². The third-order valence-electron chi connectivity index (χ3n) is 6.15. The largest absolute Gasteiger partial charge is 0.449 e. The van der Waals surface area contributed by atoms with E-state index in [1.165, 1.54) is 28.1 Å². The second-order valence-corrected chi connectivity index (χ2v) is 8.18. The molecule has 5 atom stereocenters. The molecule has 5 unspecified atom stereocenters. The van der Waals surface area contributed by atoms with Gasteiger partial charge in [-0.2, -0.15) is 0 Å². The van der Waals surface area contributed by atoms with Crippen LogP contribution in [0.5, 0.6) is 5.75 Å².